The molecular formula is C12H13FN2. The second-order valence-electron chi connectivity index (χ2n) is 3.51. The number of rotatable bonds is 3. The first-order chi connectivity index (χ1) is 7.33. The number of aromatic nitrogens is 1. The molecule has 0 aliphatic heterocycles. The second kappa shape index (κ2) is 4.36. The Bertz CT molecular complexity index is 468. The summed E-state index contributed by atoms with van der Waals surface area (Å²) < 4.78 is 13.6. The lowest BCUT2D eigenvalue weighted by molar-refractivity contribution is 0.608. The number of aryl methyl sites for hydroxylation is 1. The van der Waals surface area contributed by atoms with Crippen molar-refractivity contribution < 1.29 is 4.39 Å². The third kappa shape index (κ3) is 1.97. The molecule has 0 spiro atoms. The zero-order chi connectivity index (χ0) is 10.7. The normalized spacial score (nSPS) is 10.8. The van der Waals surface area contributed by atoms with Gasteiger partial charge in [0.1, 0.15) is 5.82 Å². The van der Waals surface area contributed by atoms with Crippen LogP contribution in [-0.2, 0) is 6.42 Å². The van der Waals surface area contributed by atoms with Gasteiger partial charge in [0.25, 0.3) is 0 Å². The van der Waals surface area contributed by atoms with Crippen molar-refractivity contribution in [1.29, 1.82) is 0 Å². The summed E-state index contributed by atoms with van der Waals surface area (Å²) in [6.07, 6.45) is 4.93. The van der Waals surface area contributed by atoms with Crippen LogP contribution in [0, 0.1) is 5.82 Å². The molecule has 0 atom stereocenters. The molecular weight excluding hydrogens is 191 g/mol. The van der Waals surface area contributed by atoms with Gasteiger partial charge in [-0.05, 0) is 48.5 Å². The molecule has 0 amide bonds. The molecule has 3 heteroatoms. The molecule has 1 aromatic heterocycles. The van der Waals surface area contributed by atoms with Gasteiger partial charge in [-0.25, -0.2) is 4.39 Å². The standard InChI is InChI=1S/C12H13FN2/c13-12-4-3-9-8-15-7-5-10(9)11(12)2-1-6-14/h3-5,7-8H,1-2,6,14H2. The van der Waals surface area contributed by atoms with Crippen molar-refractivity contribution >= 4 is 10.8 Å². The van der Waals surface area contributed by atoms with E-state index in [-0.39, 0.29) is 5.82 Å². The summed E-state index contributed by atoms with van der Waals surface area (Å²) in [5.41, 5.74) is 6.19. The van der Waals surface area contributed by atoms with Gasteiger partial charge in [-0.15, -0.1) is 0 Å². The second-order valence-corrected chi connectivity index (χ2v) is 3.51. The summed E-state index contributed by atoms with van der Waals surface area (Å²) in [6, 6.07) is 5.10. The Hall–Kier alpha value is -1.48. The van der Waals surface area contributed by atoms with Gasteiger partial charge < -0.3 is 5.73 Å². The molecule has 1 aromatic carbocycles. The van der Waals surface area contributed by atoms with Crippen LogP contribution in [0.4, 0.5) is 4.39 Å². The first-order valence-corrected chi connectivity index (χ1v) is 5.04. The number of hydrogen-bond donors (Lipinski definition) is 1. The van der Waals surface area contributed by atoms with Crippen molar-refractivity contribution in [2.75, 3.05) is 6.54 Å². The Morgan fingerprint density at radius 1 is 1.27 bits per heavy atom. The van der Waals surface area contributed by atoms with E-state index in [2.05, 4.69) is 4.98 Å². The van der Waals surface area contributed by atoms with Gasteiger partial charge in [0.05, 0.1) is 0 Å². The fraction of sp³-hybridized carbons (Fsp3) is 0.250. The minimum atomic E-state index is -0.151. The maximum absolute atomic E-state index is 13.6. The van der Waals surface area contributed by atoms with Crippen LogP contribution in [-0.4, -0.2) is 11.5 Å². The summed E-state index contributed by atoms with van der Waals surface area (Å²) >= 11 is 0. The summed E-state index contributed by atoms with van der Waals surface area (Å²) in [7, 11) is 0. The molecule has 15 heavy (non-hydrogen) atoms. The number of halogens is 1. The van der Waals surface area contributed by atoms with Crippen molar-refractivity contribution in [3.63, 3.8) is 0 Å². The molecule has 0 saturated carbocycles. The molecule has 0 radical (unpaired) electrons. The zero-order valence-electron chi connectivity index (χ0n) is 8.41. The summed E-state index contributed by atoms with van der Waals surface area (Å²) in [5, 5.41) is 1.92. The molecule has 0 bridgehead atoms. The lowest BCUT2D eigenvalue weighted by Crippen LogP contribution is -2.02. The lowest BCUT2D eigenvalue weighted by Gasteiger charge is -2.06. The summed E-state index contributed by atoms with van der Waals surface area (Å²) in [4.78, 5) is 4.02. The molecule has 2 nitrogen and oxygen atoms in total. The van der Waals surface area contributed by atoms with Crippen LogP contribution in [0.1, 0.15) is 12.0 Å². The molecule has 0 saturated heterocycles. The SMILES string of the molecule is NCCCc1c(F)ccc2cnccc12. The fourth-order valence-electron chi connectivity index (χ4n) is 1.74. The molecule has 0 unspecified atom stereocenters. The van der Waals surface area contributed by atoms with Crippen LogP contribution >= 0.6 is 0 Å². The number of nitrogens with two attached hydrogens (primary N) is 1. The Morgan fingerprint density at radius 3 is 2.93 bits per heavy atom. The predicted molar refractivity (Wildman–Crippen MR) is 59.1 cm³/mol. The van der Waals surface area contributed by atoms with E-state index in [4.69, 9.17) is 5.73 Å². The Balaban J connectivity index is 2.53. The van der Waals surface area contributed by atoms with E-state index in [9.17, 15) is 4.39 Å². The van der Waals surface area contributed by atoms with Crippen molar-refractivity contribution in [3.8, 4) is 0 Å². The number of benzene rings is 1. The van der Waals surface area contributed by atoms with E-state index in [1.165, 1.54) is 6.07 Å². The van der Waals surface area contributed by atoms with Crippen LogP contribution in [0.2, 0.25) is 0 Å². The van der Waals surface area contributed by atoms with Gasteiger partial charge >= 0.3 is 0 Å². The van der Waals surface area contributed by atoms with E-state index in [1.54, 1.807) is 18.5 Å². The third-order valence-electron chi connectivity index (χ3n) is 2.51. The number of pyridine rings is 1. The number of hydrogen-bond acceptors (Lipinski definition) is 2. The van der Waals surface area contributed by atoms with Crippen LogP contribution in [0.3, 0.4) is 0 Å². The number of fused-ring (bicyclic) bond motifs is 1. The first kappa shape index (κ1) is 10.1. The van der Waals surface area contributed by atoms with E-state index in [1.807, 2.05) is 6.07 Å². The molecule has 1 heterocycles. The zero-order valence-corrected chi connectivity index (χ0v) is 8.41. The number of nitrogens with zero attached hydrogens (tertiary/aromatic N) is 1. The van der Waals surface area contributed by atoms with Gasteiger partial charge in [-0.3, -0.25) is 4.98 Å². The maximum atomic E-state index is 13.6. The molecule has 78 valence electrons. The topological polar surface area (TPSA) is 38.9 Å². The van der Waals surface area contributed by atoms with Crippen LogP contribution in [0.15, 0.2) is 30.6 Å². The van der Waals surface area contributed by atoms with Crippen molar-refractivity contribution in [2.45, 2.75) is 12.8 Å². The monoisotopic (exact) mass is 204 g/mol. The van der Waals surface area contributed by atoms with E-state index >= 15 is 0 Å². The highest BCUT2D eigenvalue weighted by atomic mass is 19.1. The van der Waals surface area contributed by atoms with Gasteiger partial charge in [-0.2, -0.15) is 0 Å². The van der Waals surface area contributed by atoms with Gasteiger partial charge in [-0.1, -0.05) is 0 Å². The molecule has 2 rings (SSSR count). The lowest BCUT2D eigenvalue weighted by atomic mass is 10.0. The van der Waals surface area contributed by atoms with E-state index < -0.39 is 0 Å². The molecule has 0 aliphatic carbocycles. The van der Waals surface area contributed by atoms with Gasteiger partial charge in [0.2, 0.25) is 0 Å². The molecule has 2 N–H and O–H groups in total. The maximum Gasteiger partial charge on any atom is 0.127 e. The fourth-order valence-corrected chi connectivity index (χ4v) is 1.74. The third-order valence-corrected chi connectivity index (χ3v) is 2.51. The van der Waals surface area contributed by atoms with E-state index in [0.29, 0.717) is 13.0 Å². The average Bonchev–Trinajstić information content (AvgIpc) is 2.28. The Morgan fingerprint density at radius 2 is 2.13 bits per heavy atom. The summed E-state index contributed by atoms with van der Waals surface area (Å²) in [5.74, 6) is -0.151. The van der Waals surface area contributed by atoms with Gasteiger partial charge in [0.15, 0.2) is 0 Å². The largest absolute Gasteiger partial charge is 0.330 e. The highest BCUT2D eigenvalue weighted by molar-refractivity contribution is 5.84. The van der Waals surface area contributed by atoms with E-state index in [0.717, 1.165) is 22.8 Å². The highest BCUT2D eigenvalue weighted by Gasteiger charge is 2.06. The Labute approximate surface area is 87.9 Å². The minimum Gasteiger partial charge on any atom is -0.330 e. The van der Waals surface area contributed by atoms with Crippen molar-refractivity contribution in [1.82, 2.24) is 4.98 Å². The quantitative estimate of drug-likeness (QED) is 0.832. The summed E-state index contributed by atoms with van der Waals surface area (Å²) in [6.45, 7) is 0.584. The Kier molecular flexibility index (Phi) is 2.92. The molecule has 0 aliphatic rings. The van der Waals surface area contributed by atoms with Gasteiger partial charge in [0, 0.05) is 17.8 Å². The first-order valence-electron chi connectivity index (χ1n) is 5.04. The van der Waals surface area contributed by atoms with Crippen LogP contribution in [0.25, 0.3) is 10.8 Å². The smallest absolute Gasteiger partial charge is 0.127 e. The van der Waals surface area contributed by atoms with Crippen LogP contribution < -0.4 is 5.73 Å². The average molecular weight is 204 g/mol. The van der Waals surface area contributed by atoms with Crippen molar-refractivity contribution in [2.24, 2.45) is 5.73 Å². The van der Waals surface area contributed by atoms with Crippen LogP contribution in [0.5, 0.6) is 0 Å². The predicted octanol–water partition coefficient (Wildman–Crippen LogP) is 2.27. The molecule has 0 fully saturated rings. The van der Waals surface area contributed by atoms with Crippen molar-refractivity contribution in [3.05, 3.63) is 42.0 Å². The molecule has 2 aromatic rings. The highest BCUT2D eigenvalue weighted by Crippen LogP contribution is 2.21. The minimum absolute atomic E-state index is 0.151.